The van der Waals surface area contributed by atoms with Crippen molar-refractivity contribution in [2.24, 2.45) is 0 Å². The molecule has 26 heavy (non-hydrogen) atoms. The third-order valence-corrected chi connectivity index (χ3v) is 5.12. The van der Waals surface area contributed by atoms with Crippen molar-refractivity contribution in [2.45, 2.75) is 27.2 Å². The smallest absolute Gasteiger partial charge is 0.258 e. The van der Waals surface area contributed by atoms with Gasteiger partial charge >= 0.3 is 0 Å². The first kappa shape index (κ1) is 16.5. The third kappa shape index (κ3) is 2.80. The lowest BCUT2D eigenvalue weighted by atomic mass is 9.98. The number of nitrogens with zero attached hydrogens (tertiary/aromatic N) is 2. The Morgan fingerprint density at radius 3 is 2.31 bits per heavy atom. The second-order valence-electron chi connectivity index (χ2n) is 7.06. The number of anilines is 1. The minimum absolute atomic E-state index is 0.107. The van der Waals surface area contributed by atoms with Crippen molar-refractivity contribution >= 4 is 11.6 Å². The van der Waals surface area contributed by atoms with Crippen LogP contribution in [0.15, 0.2) is 54.9 Å². The summed E-state index contributed by atoms with van der Waals surface area (Å²) in [6.45, 7) is 6.86. The van der Waals surface area contributed by atoms with Gasteiger partial charge in [-0.3, -0.25) is 9.78 Å². The predicted molar refractivity (Wildman–Crippen MR) is 106 cm³/mol. The molecule has 1 amide bonds. The summed E-state index contributed by atoms with van der Waals surface area (Å²) >= 11 is 0. The van der Waals surface area contributed by atoms with Crippen LogP contribution < -0.4 is 4.90 Å². The summed E-state index contributed by atoms with van der Waals surface area (Å²) in [4.78, 5) is 19.2. The van der Waals surface area contributed by atoms with Crippen LogP contribution in [0.1, 0.15) is 32.6 Å². The lowest BCUT2D eigenvalue weighted by Crippen LogP contribution is -2.30. The second kappa shape index (κ2) is 6.41. The summed E-state index contributed by atoms with van der Waals surface area (Å²) in [7, 11) is 0. The molecule has 3 heteroatoms. The lowest BCUT2D eigenvalue weighted by Gasteiger charge is -2.20. The zero-order chi connectivity index (χ0) is 18.3. The van der Waals surface area contributed by atoms with Crippen LogP contribution >= 0.6 is 0 Å². The number of carbonyl (C=O) groups is 1. The van der Waals surface area contributed by atoms with Gasteiger partial charge in [-0.2, -0.15) is 0 Å². The van der Waals surface area contributed by atoms with Crippen molar-refractivity contribution in [1.82, 2.24) is 4.98 Å². The van der Waals surface area contributed by atoms with E-state index >= 15 is 0 Å². The molecule has 1 aromatic heterocycles. The molecule has 0 radical (unpaired) electrons. The van der Waals surface area contributed by atoms with Gasteiger partial charge in [-0.25, -0.2) is 0 Å². The monoisotopic (exact) mass is 342 g/mol. The quantitative estimate of drug-likeness (QED) is 0.665. The predicted octanol–water partition coefficient (Wildman–Crippen LogP) is 4.88. The van der Waals surface area contributed by atoms with Crippen LogP contribution in [-0.2, 0) is 6.42 Å². The molecule has 2 aromatic carbocycles. The van der Waals surface area contributed by atoms with Gasteiger partial charge in [-0.15, -0.1) is 0 Å². The summed E-state index contributed by atoms with van der Waals surface area (Å²) in [6.07, 6.45) is 4.51. The van der Waals surface area contributed by atoms with Crippen molar-refractivity contribution in [2.75, 3.05) is 11.4 Å². The molecule has 0 spiro atoms. The second-order valence-corrected chi connectivity index (χ2v) is 7.06. The Kier molecular flexibility index (Phi) is 4.08. The van der Waals surface area contributed by atoms with Crippen LogP contribution in [0.4, 0.5) is 5.69 Å². The van der Waals surface area contributed by atoms with Crippen molar-refractivity contribution in [3.63, 3.8) is 0 Å². The van der Waals surface area contributed by atoms with E-state index in [1.54, 1.807) is 12.4 Å². The Labute approximate surface area is 154 Å². The van der Waals surface area contributed by atoms with Gasteiger partial charge < -0.3 is 4.90 Å². The van der Waals surface area contributed by atoms with E-state index < -0.39 is 0 Å². The SMILES string of the molecule is Cc1cc(C)c(C(=O)N2CCc3cc(-c4ccncc4)ccc32)c(C)c1. The number of pyridine rings is 1. The summed E-state index contributed by atoms with van der Waals surface area (Å²) in [6, 6.07) is 14.6. The van der Waals surface area contributed by atoms with Crippen LogP contribution in [0.5, 0.6) is 0 Å². The molecule has 0 fully saturated rings. The number of carbonyl (C=O) groups excluding carboxylic acids is 1. The van der Waals surface area contributed by atoms with Crippen molar-refractivity contribution in [3.8, 4) is 11.1 Å². The Morgan fingerprint density at radius 2 is 1.62 bits per heavy atom. The average Bonchev–Trinajstić information content (AvgIpc) is 3.04. The fourth-order valence-corrected chi connectivity index (χ4v) is 3.99. The largest absolute Gasteiger partial charge is 0.308 e. The highest BCUT2D eigenvalue weighted by Gasteiger charge is 2.27. The van der Waals surface area contributed by atoms with Gasteiger partial charge in [0.2, 0.25) is 0 Å². The molecule has 0 N–H and O–H groups in total. The topological polar surface area (TPSA) is 33.2 Å². The zero-order valence-electron chi connectivity index (χ0n) is 15.4. The first-order valence-corrected chi connectivity index (χ1v) is 8.97. The van der Waals surface area contributed by atoms with Crippen LogP contribution in [0.25, 0.3) is 11.1 Å². The average molecular weight is 342 g/mol. The van der Waals surface area contributed by atoms with E-state index in [9.17, 15) is 4.79 Å². The highest BCUT2D eigenvalue weighted by Crippen LogP contribution is 2.34. The first-order valence-electron chi connectivity index (χ1n) is 8.97. The fourth-order valence-electron chi connectivity index (χ4n) is 3.99. The molecule has 4 rings (SSSR count). The molecule has 3 nitrogen and oxygen atoms in total. The molecule has 0 unspecified atom stereocenters. The zero-order valence-corrected chi connectivity index (χ0v) is 15.4. The van der Waals surface area contributed by atoms with Crippen LogP contribution in [0.3, 0.4) is 0 Å². The van der Waals surface area contributed by atoms with Gasteiger partial charge in [0.05, 0.1) is 0 Å². The van der Waals surface area contributed by atoms with E-state index in [4.69, 9.17) is 0 Å². The number of aryl methyl sites for hydroxylation is 3. The standard InChI is InChI=1S/C23H22N2O/c1-15-12-16(2)22(17(3)13-15)23(26)25-11-8-20-14-19(4-5-21(20)25)18-6-9-24-10-7-18/h4-7,9-10,12-14H,8,11H2,1-3H3. The highest BCUT2D eigenvalue weighted by molar-refractivity contribution is 6.09. The van der Waals surface area contributed by atoms with Gasteiger partial charge in [0, 0.05) is 30.2 Å². The number of hydrogen-bond acceptors (Lipinski definition) is 2. The summed E-state index contributed by atoms with van der Waals surface area (Å²) in [5.74, 6) is 0.107. The molecule has 0 bridgehead atoms. The lowest BCUT2D eigenvalue weighted by molar-refractivity contribution is 0.0988. The summed E-state index contributed by atoms with van der Waals surface area (Å²) in [5, 5.41) is 0. The maximum Gasteiger partial charge on any atom is 0.258 e. The van der Waals surface area contributed by atoms with E-state index in [2.05, 4.69) is 42.2 Å². The summed E-state index contributed by atoms with van der Waals surface area (Å²) < 4.78 is 0. The molecule has 0 saturated carbocycles. The molecular formula is C23H22N2O. The molecule has 3 aromatic rings. The van der Waals surface area contributed by atoms with Crippen molar-refractivity contribution < 1.29 is 4.79 Å². The van der Waals surface area contributed by atoms with Gasteiger partial charge in [-0.05, 0) is 79.3 Å². The molecule has 0 aliphatic carbocycles. The summed E-state index contributed by atoms with van der Waals surface area (Å²) in [5.41, 5.74) is 8.72. The number of hydrogen-bond donors (Lipinski definition) is 0. The van der Waals surface area contributed by atoms with Gasteiger partial charge in [0.15, 0.2) is 0 Å². The first-order chi connectivity index (χ1) is 12.5. The minimum atomic E-state index is 0.107. The van der Waals surface area contributed by atoms with E-state index in [0.29, 0.717) is 0 Å². The minimum Gasteiger partial charge on any atom is -0.308 e. The van der Waals surface area contributed by atoms with Crippen LogP contribution in [-0.4, -0.2) is 17.4 Å². The Balaban J connectivity index is 1.70. The number of aromatic nitrogens is 1. The normalized spacial score (nSPS) is 13.0. The number of fused-ring (bicyclic) bond motifs is 1. The Hall–Kier alpha value is -2.94. The van der Waals surface area contributed by atoms with Crippen LogP contribution in [0.2, 0.25) is 0 Å². The number of rotatable bonds is 2. The van der Waals surface area contributed by atoms with Crippen molar-refractivity contribution in [1.29, 1.82) is 0 Å². The Bertz CT molecular complexity index is 969. The molecule has 2 heterocycles. The van der Waals surface area contributed by atoms with E-state index in [1.165, 1.54) is 16.7 Å². The fraction of sp³-hybridized carbons (Fsp3) is 0.217. The van der Waals surface area contributed by atoms with E-state index in [-0.39, 0.29) is 5.91 Å². The van der Waals surface area contributed by atoms with Gasteiger partial charge in [0.1, 0.15) is 0 Å². The molecular weight excluding hydrogens is 320 g/mol. The molecule has 0 saturated heterocycles. The van der Waals surface area contributed by atoms with Gasteiger partial charge in [-0.1, -0.05) is 23.8 Å². The Morgan fingerprint density at radius 1 is 0.923 bits per heavy atom. The van der Waals surface area contributed by atoms with Gasteiger partial charge in [0.25, 0.3) is 5.91 Å². The highest BCUT2D eigenvalue weighted by atomic mass is 16.2. The van der Waals surface area contributed by atoms with Crippen LogP contribution in [0, 0.1) is 20.8 Å². The van der Waals surface area contributed by atoms with E-state index in [0.717, 1.165) is 40.9 Å². The molecule has 1 aliphatic rings. The number of amides is 1. The maximum atomic E-state index is 13.2. The number of benzene rings is 2. The maximum absolute atomic E-state index is 13.2. The molecule has 0 atom stereocenters. The van der Waals surface area contributed by atoms with E-state index in [1.807, 2.05) is 30.9 Å². The molecule has 130 valence electrons. The van der Waals surface area contributed by atoms with Crippen molar-refractivity contribution in [3.05, 3.63) is 82.7 Å². The third-order valence-electron chi connectivity index (χ3n) is 5.12. The molecule has 1 aliphatic heterocycles.